The number of halogens is 4. The number of alkyl halides is 3. The molecule has 0 spiro atoms. The van der Waals surface area contributed by atoms with E-state index < -0.39 is 36.2 Å². The maximum Gasteiger partial charge on any atom is 0.412 e. The number of aliphatic hydroxyl groups excluding tert-OH is 1. The van der Waals surface area contributed by atoms with Crippen molar-refractivity contribution in [2.45, 2.75) is 75.9 Å². The van der Waals surface area contributed by atoms with Gasteiger partial charge in [0.15, 0.2) is 0 Å². The molecule has 7 nitrogen and oxygen atoms in total. The zero-order valence-electron chi connectivity index (χ0n) is 22.3. The predicted molar refractivity (Wildman–Crippen MR) is 146 cm³/mol. The summed E-state index contributed by atoms with van der Waals surface area (Å²) in [7, 11) is 1.47. The quantitative estimate of drug-likeness (QED) is 0.358. The van der Waals surface area contributed by atoms with Crippen LogP contribution >= 0.6 is 11.6 Å². The molecule has 0 bridgehead atoms. The van der Waals surface area contributed by atoms with Crippen LogP contribution in [-0.2, 0) is 16.1 Å². The van der Waals surface area contributed by atoms with E-state index in [2.05, 4.69) is 10.6 Å². The maximum atomic E-state index is 14.3. The van der Waals surface area contributed by atoms with E-state index in [4.69, 9.17) is 16.3 Å². The van der Waals surface area contributed by atoms with Crippen LogP contribution < -0.4 is 15.4 Å². The Morgan fingerprint density at radius 3 is 2.42 bits per heavy atom. The second kappa shape index (κ2) is 13.1. The van der Waals surface area contributed by atoms with Crippen molar-refractivity contribution in [3.8, 4) is 5.75 Å². The van der Waals surface area contributed by atoms with Gasteiger partial charge in [-0.05, 0) is 79.1 Å². The molecular weight excluding hydrogens is 547 g/mol. The molecule has 11 heteroatoms. The number of carbonyl (C=O) groups is 2. The number of hydrogen-bond acceptors (Lipinski definition) is 5. The molecule has 1 heterocycles. The van der Waals surface area contributed by atoms with Gasteiger partial charge in [0, 0.05) is 23.8 Å². The fourth-order valence-corrected chi connectivity index (χ4v) is 5.82. The minimum Gasteiger partial charge on any atom is -0.497 e. The zero-order valence-corrected chi connectivity index (χ0v) is 23.1. The molecule has 218 valence electrons. The first kappa shape index (κ1) is 30.0. The Labute approximate surface area is 237 Å². The Bertz CT molecular complexity index is 1170. The third-order valence-corrected chi connectivity index (χ3v) is 8.02. The van der Waals surface area contributed by atoms with E-state index in [0.717, 1.165) is 32.1 Å². The molecular formula is C29H35ClF3N3O4. The molecule has 1 aliphatic carbocycles. The summed E-state index contributed by atoms with van der Waals surface area (Å²) < 4.78 is 47.8. The van der Waals surface area contributed by atoms with Gasteiger partial charge in [-0.15, -0.1) is 0 Å². The van der Waals surface area contributed by atoms with E-state index in [9.17, 15) is 27.9 Å². The Morgan fingerprint density at radius 2 is 1.77 bits per heavy atom. The van der Waals surface area contributed by atoms with Crippen LogP contribution in [0.15, 0.2) is 42.5 Å². The molecule has 3 atom stereocenters. The number of methoxy groups -OCH3 is 1. The fraction of sp³-hybridized carbons (Fsp3) is 0.517. The summed E-state index contributed by atoms with van der Waals surface area (Å²) in [6, 6.07) is 7.30. The number of ether oxygens (including phenoxy) is 1. The Kier molecular flexibility index (Phi) is 9.84. The van der Waals surface area contributed by atoms with Gasteiger partial charge in [-0.1, -0.05) is 36.9 Å². The van der Waals surface area contributed by atoms with Gasteiger partial charge in [0.25, 0.3) is 5.91 Å². The highest BCUT2D eigenvalue weighted by Crippen LogP contribution is 2.38. The largest absolute Gasteiger partial charge is 0.497 e. The molecule has 1 saturated carbocycles. The average Bonchev–Trinajstić information content (AvgIpc) is 3.44. The SMILES string of the molecule is COc1ccc(NC(c2ccc(Cl)cc2CNC(=O)[C@@H]2CCCN2C(=O)[C@H](O)C2CCCCC2)C(F)(F)F)cc1. The maximum absolute atomic E-state index is 14.3. The standard InChI is InChI=1S/C29H35ClF3N3O4/c1-40-22-12-10-21(11-13-22)35-26(29(31,32)33)23-14-9-20(30)16-19(23)17-34-27(38)24-8-5-15-36(24)28(39)25(37)18-6-3-2-4-7-18/h9-14,16,18,24-26,35,37H,2-8,15,17H2,1H3,(H,34,38)/t24-,25+,26?/m0/s1. The Morgan fingerprint density at radius 1 is 1.07 bits per heavy atom. The molecule has 2 aromatic carbocycles. The smallest absolute Gasteiger partial charge is 0.412 e. The number of nitrogens with zero attached hydrogens (tertiary/aromatic N) is 1. The number of nitrogens with one attached hydrogen (secondary N) is 2. The van der Waals surface area contributed by atoms with Crippen molar-refractivity contribution in [3.05, 3.63) is 58.6 Å². The van der Waals surface area contributed by atoms with E-state index in [1.54, 1.807) is 12.1 Å². The van der Waals surface area contributed by atoms with Crippen LogP contribution in [-0.4, -0.2) is 53.8 Å². The minimum atomic E-state index is -4.66. The number of carbonyl (C=O) groups excluding carboxylic acids is 2. The summed E-state index contributed by atoms with van der Waals surface area (Å²) >= 11 is 6.14. The van der Waals surface area contributed by atoms with Crippen LogP contribution in [0.3, 0.4) is 0 Å². The first-order chi connectivity index (χ1) is 19.1. The number of likely N-dealkylation sites (tertiary alicyclic amines) is 1. The molecule has 1 aliphatic heterocycles. The summed E-state index contributed by atoms with van der Waals surface area (Å²) in [6.45, 7) is 0.139. The summed E-state index contributed by atoms with van der Waals surface area (Å²) in [5.41, 5.74) is 0.354. The van der Waals surface area contributed by atoms with E-state index in [-0.39, 0.29) is 34.3 Å². The van der Waals surface area contributed by atoms with E-state index in [1.165, 1.54) is 42.3 Å². The lowest BCUT2D eigenvalue weighted by molar-refractivity contribution is -0.148. The lowest BCUT2D eigenvalue weighted by atomic mass is 9.84. The Balaban J connectivity index is 1.48. The highest BCUT2D eigenvalue weighted by atomic mass is 35.5. The molecule has 1 unspecified atom stereocenters. The number of amides is 2. The van der Waals surface area contributed by atoms with Gasteiger partial charge in [-0.25, -0.2) is 0 Å². The first-order valence-corrected chi connectivity index (χ1v) is 14.0. The predicted octanol–water partition coefficient (Wildman–Crippen LogP) is 5.61. The van der Waals surface area contributed by atoms with Crippen LogP contribution in [0.1, 0.15) is 62.1 Å². The highest BCUT2D eigenvalue weighted by molar-refractivity contribution is 6.30. The van der Waals surface area contributed by atoms with Gasteiger partial charge in [0.2, 0.25) is 5.91 Å². The number of anilines is 1. The number of aliphatic hydroxyl groups is 1. The molecule has 2 aliphatic rings. The molecule has 1 saturated heterocycles. The summed E-state index contributed by atoms with van der Waals surface area (Å²) in [5, 5.41) is 16.2. The summed E-state index contributed by atoms with van der Waals surface area (Å²) in [6.07, 6.45) is -0.211. The monoisotopic (exact) mass is 581 g/mol. The molecule has 0 radical (unpaired) electrons. The molecule has 2 fully saturated rings. The summed E-state index contributed by atoms with van der Waals surface area (Å²) in [5.74, 6) is -0.528. The van der Waals surface area contributed by atoms with E-state index in [0.29, 0.717) is 25.1 Å². The Hall–Kier alpha value is -2.98. The molecule has 2 amide bonds. The van der Waals surface area contributed by atoms with E-state index in [1.807, 2.05) is 0 Å². The molecule has 4 rings (SSSR count). The van der Waals surface area contributed by atoms with Crippen molar-refractivity contribution in [2.24, 2.45) is 5.92 Å². The van der Waals surface area contributed by atoms with Gasteiger partial charge in [0.05, 0.1) is 7.11 Å². The third kappa shape index (κ3) is 7.20. The second-order valence-corrected chi connectivity index (χ2v) is 10.9. The second-order valence-electron chi connectivity index (χ2n) is 10.4. The van der Waals surface area contributed by atoms with Crippen molar-refractivity contribution in [2.75, 3.05) is 19.0 Å². The van der Waals surface area contributed by atoms with Gasteiger partial charge in [-0.3, -0.25) is 9.59 Å². The number of hydrogen-bond donors (Lipinski definition) is 3. The van der Waals surface area contributed by atoms with Crippen LogP contribution in [0.4, 0.5) is 18.9 Å². The van der Waals surface area contributed by atoms with Gasteiger partial charge in [0.1, 0.15) is 23.9 Å². The lowest BCUT2D eigenvalue weighted by Gasteiger charge is -2.31. The molecule has 3 N–H and O–H groups in total. The minimum absolute atomic E-state index is 0.0832. The molecule has 0 aromatic heterocycles. The number of benzene rings is 2. The van der Waals surface area contributed by atoms with Crippen LogP contribution in [0, 0.1) is 5.92 Å². The first-order valence-electron chi connectivity index (χ1n) is 13.6. The fourth-order valence-electron chi connectivity index (χ4n) is 5.62. The van der Waals surface area contributed by atoms with Gasteiger partial charge < -0.3 is 25.4 Å². The van der Waals surface area contributed by atoms with Crippen molar-refractivity contribution in [1.82, 2.24) is 10.2 Å². The topological polar surface area (TPSA) is 90.9 Å². The molecule has 2 aromatic rings. The van der Waals surface area contributed by atoms with Crippen molar-refractivity contribution < 1.29 is 32.6 Å². The number of rotatable bonds is 9. The van der Waals surface area contributed by atoms with Gasteiger partial charge in [-0.2, -0.15) is 13.2 Å². The third-order valence-electron chi connectivity index (χ3n) is 7.79. The summed E-state index contributed by atoms with van der Waals surface area (Å²) in [4.78, 5) is 27.7. The average molecular weight is 582 g/mol. The van der Waals surface area contributed by atoms with Crippen LogP contribution in [0.25, 0.3) is 0 Å². The zero-order chi connectivity index (χ0) is 28.9. The van der Waals surface area contributed by atoms with Crippen molar-refractivity contribution >= 4 is 29.1 Å². The normalized spacial score (nSPS) is 19.6. The lowest BCUT2D eigenvalue weighted by Crippen LogP contribution is -2.50. The van der Waals surface area contributed by atoms with Crippen LogP contribution in [0.2, 0.25) is 5.02 Å². The van der Waals surface area contributed by atoms with Crippen molar-refractivity contribution in [3.63, 3.8) is 0 Å². The highest BCUT2D eigenvalue weighted by Gasteiger charge is 2.43. The van der Waals surface area contributed by atoms with Gasteiger partial charge >= 0.3 is 6.18 Å². The van der Waals surface area contributed by atoms with Crippen LogP contribution in [0.5, 0.6) is 5.75 Å². The molecule has 40 heavy (non-hydrogen) atoms. The van der Waals surface area contributed by atoms with Crippen molar-refractivity contribution in [1.29, 1.82) is 0 Å². The van der Waals surface area contributed by atoms with E-state index >= 15 is 0 Å².